The molecule has 122 valence electrons. The van der Waals surface area contributed by atoms with Crippen LogP contribution in [-0.4, -0.2) is 26.3 Å². The molecule has 3 aromatic rings. The summed E-state index contributed by atoms with van der Waals surface area (Å²) in [5, 5.41) is 11.0. The fourth-order valence-corrected chi connectivity index (χ4v) is 4.15. The third-order valence-electron chi connectivity index (χ3n) is 3.82. The number of hydrogen-bond donors (Lipinski definition) is 0. The summed E-state index contributed by atoms with van der Waals surface area (Å²) < 4.78 is 16.1. The third-order valence-corrected chi connectivity index (χ3v) is 5.67. The summed E-state index contributed by atoms with van der Waals surface area (Å²) in [7, 11) is 0. The number of nitrogens with zero attached hydrogens (tertiary/aromatic N) is 3. The lowest BCUT2D eigenvalue weighted by Gasteiger charge is -2.09. The normalized spacial score (nSPS) is 14.0. The van der Waals surface area contributed by atoms with E-state index in [0.29, 0.717) is 28.3 Å². The molecule has 7 heteroatoms. The minimum absolute atomic E-state index is 0.0767. The molecule has 1 saturated carbocycles. The zero-order valence-electron chi connectivity index (χ0n) is 12.7. The second kappa shape index (κ2) is 6.49. The van der Waals surface area contributed by atoms with E-state index in [-0.39, 0.29) is 11.6 Å². The van der Waals surface area contributed by atoms with Gasteiger partial charge in [-0.25, -0.2) is 4.39 Å². The molecule has 0 unspecified atom stereocenters. The summed E-state index contributed by atoms with van der Waals surface area (Å²) in [6.07, 6.45) is 2.07. The standard InChI is InChI=1S/C17H14FN3OS2/c18-13-5-2-1-4-12(13)16-19-20-17(21(16)11-7-8-11)24-10-14(22)15-6-3-9-23-15/h1-6,9,11H,7-8,10H2. The van der Waals surface area contributed by atoms with Gasteiger partial charge in [0.1, 0.15) is 5.82 Å². The van der Waals surface area contributed by atoms with Crippen LogP contribution in [0.5, 0.6) is 0 Å². The maximum atomic E-state index is 14.1. The van der Waals surface area contributed by atoms with Crippen molar-refractivity contribution in [1.82, 2.24) is 14.8 Å². The van der Waals surface area contributed by atoms with Gasteiger partial charge in [-0.3, -0.25) is 9.36 Å². The van der Waals surface area contributed by atoms with Gasteiger partial charge in [0.05, 0.1) is 16.2 Å². The van der Waals surface area contributed by atoms with Crippen molar-refractivity contribution in [1.29, 1.82) is 0 Å². The number of ketones is 1. The van der Waals surface area contributed by atoms with Crippen LogP contribution in [0.15, 0.2) is 46.9 Å². The van der Waals surface area contributed by atoms with Crippen LogP contribution in [0, 0.1) is 5.82 Å². The van der Waals surface area contributed by atoms with Crippen LogP contribution < -0.4 is 0 Å². The van der Waals surface area contributed by atoms with Crippen LogP contribution >= 0.6 is 23.1 Å². The highest BCUT2D eigenvalue weighted by atomic mass is 32.2. The highest BCUT2D eigenvalue weighted by molar-refractivity contribution is 7.99. The first-order valence-corrected chi connectivity index (χ1v) is 9.50. The van der Waals surface area contributed by atoms with Crippen LogP contribution in [0.4, 0.5) is 4.39 Å². The van der Waals surface area contributed by atoms with E-state index in [4.69, 9.17) is 0 Å². The van der Waals surface area contributed by atoms with Crippen molar-refractivity contribution in [3.8, 4) is 11.4 Å². The summed E-state index contributed by atoms with van der Waals surface area (Å²) in [6, 6.07) is 10.6. The molecule has 0 aliphatic heterocycles. The number of carbonyl (C=O) groups excluding carboxylic acids is 1. The molecule has 0 bridgehead atoms. The van der Waals surface area contributed by atoms with Crippen LogP contribution in [0.1, 0.15) is 28.6 Å². The molecule has 4 rings (SSSR count). The van der Waals surface area contributed by atoms with Gasteiger partial charge in [-0.15, -0.1) is 21.5 Å². The lowest BCUT2D eigenvalue weighted by atomic mass is 10.2. The van der Waals surface area contributed by atoms with Crippen molar-refractivity contribution in [2.24, 2.45) is 0 Å². The second-order valence-electron chi connectivity index (χ2n) is 5.58. The number of Topliss-reactive ketones (excluding diaryl/α,β-unsaturated/α-hetero) is 1. The van der Waals surface area contributed by atoms with Crippen molar-refractivity contribution in [3.05, 3.63) is 52.5 Å². The Bertz CT molecular complexity index is 872. The number of rotatable bonds is 6. The van der Waals surface area contributed by atoms with Gasteiger partial charge >= 0.3 is 0 Å². The van der Waals surface area contributed by atoms with Crippen molar-refractivity contribution in [2.45, 2.75) is 24.0 Å². The predicted octanol–water partition coefficient (Wildman–Crippen LogP) is 4.46. The molecule has 0 saturated heterocycles. The first-order chi connectivity index (χ1) is 11.7. The Kier molecular flexibility index (Phi) is 4.20. The summed E-state index contributed by atoms with van der Waals surface area (Å²) in [6.45, 7) is 0. The van der Waals surface area contributed by atoms with E-state index >= 15 is 0 Å². The van der Waals surface area contributed by atoms with Crippen LogP contribution in [-0.2, 0) is 0 Å². The molecule has 0 radical (unpaired) electrons. The van der Waals surface area contributed by atoms with Crippen LogP contribution in [0.25, 0.3) is 11.4 Å². The Morgan fingerprint density at radius 1 is 1.25 bits per heavy atom. The van der Waals surface area contributed by atoms with E-state index in [0.717, 1.165) is 17.7 Å². The molecule has 4 nitrogen and oxygen atoms in total. The molecule has 1 aromatic carbocycles. The quantitative estimate of drug-likeness (QED) is 0.482. The van der Waals surface area contributed by atoms with Crippen molar-refractivity contribution in [3.63, 3.8) is 0 Å². The summed E-state index contributed by atoms with van der Waals surface area (Å²) in [5.74, 6) is 0.621. The Labute approximate surface area is 146 Å². The van der Waals surface area contributed by atoms with Crippen molar-refractivity contribution >= 4 is 28.9 Å². The summed E-state index contributed by atoms with van der Waals surface area (Å²) >= 11 is 2.80. The third kappa shape index (κ3) is 3.01. The topological polar surface area (TPSA) is 47.8 Å². The first-order valence-electron chi connectivity index (χ1n) is 7.63. The fourth-order valence-electron chi connectivity index (χ4n) is 2.50. The highest BCUT2D eigenvalue weighted by Crippen LogP contribution is 2.41. The maximum Gasteiger partial charge on any atom is 0.192 e. The molecule has 2 aromatic heterocycles. The van der Waals surface area contributed by atoms with Gasteiger partial charge < -0.3 is 0 Å². The minimum atomic E-state index is -0.307. The Morgan fingerprint density at radius 3 is 2.79 bits per heavy atom. The Morgan fingerprint density at radius 2 is 2.08 bits per heavy atom. The van der Waals surface area contributed by atoms with Gasteiger partial charge in [0.2, 0.25) is 0 Å². The van der Waals surface area contributed by atoms with Gasteiger partial charge in [0, 0.05) is 6.04 Å². The van der Waals surface area contributed by atoms with Crippen molar-refractivity contribution in [2.75, 3.05) is 5.75 Å². The number of thiophene rings is 1. The van der Waals surface area contributed by atoms with E-state index in [1.165, 1.54) is 29.2 Å². The van der Waals surface area contributed by atoms with E-state index in [9.17, 15) is 9.18 Å². The minimum Gasteiger partial charge on any atom is -0.299 e. The SMILES string of the molecule is O=C(CSc1nnc(-c2ccccc2F)n1C1CC1)c1cccs1. The van der Waals surface area contributed by atoms with Gasteiger partial charge in [-0.2, -0.15) is 0 Å². The molecule has 2 heterocycles. The number of aromatic nitrogens is 3. The number of thioether (sulfide) groups is 1. The highest BCUT2D eigenvalue weighted by Gasteiger charge is 2.31. The molecular weight excluding hydrogens is 345 g/mol. The lowest BCUT2D eigenvalue weighted by Crippen LogP contribution is -2.04. The average Bonchev–Trinajstić information content (AvgIpc) is 3.12. The molecule has 0 atom stereocenters. The number of hydrogen-bond acceptors (Lipinski definition) is 5. The molecule has 0 N–H and O–H groups in total. The van der Waals surface area contributed by atoms with Crippen molar-refractivity contribution < 1.29 is 9.18 Å². The average molecular weight is 359 g/mol. The molecule has 24 heavy (non-hydrogen) atoms. The van der Waals surface area contributed by atoms with Crippen LogP contribution in [0.2, 0.25) is 0 Å². The largest absolute Gasteiger partial charge is 0.299 e. The maximum absolute atomic E-state index is 14.1. The van der Waals surface area contributed by atoms with E-state index in [2.05, 4.69) is 10.2 Å². The van der Waals surface area contributed by atoms with Gasteiger partial charge in [-0.05, 0) is 36.4 Å². The molecule has 0 spiro atoms. The smallest absolute Gasteiger partial charge is 0.192 e. The van der Waals surface area contributed by atoms with E-state index in [1.54, 1.807) is 18.2 Å². The number of carbonyl (C=O) groups is 1. The fraction of sp³-hybridized carbons (Fsp3) is 0.235. The molecular formula is C17H14FN3OS2. The first kappa shape index (κ1) is 15.5. The monoisotopic (exact) mass is 359 g/mol. The van der Waals surface area contributed by atoms with Gasteiger partial charge in [0.25, 0.3) is 0 Å². The zero-order chi connectivity index (χ0) is 16.5. The molecule has 0 amide bonds. The second-order valence-corrected chi connectivity index (χ2v) is 7.47. The Balaban J connectivity index is 1.60. The predicted molar refractivity (Wildman–Crippen MR) is 93.1 cm³/mol. The van der Waals surface area contributed by atoms with Gasteiger partial charge in [-0.1, -0.05) is 30.0 Å². The number of halogens is 1. The van der Waals surface area contributed by atoms with Crippen LogP contribution in [0.3, 0.4) is 0 Å². The summed E-state index contributed by atoms with van der Waals surface area (Å²) in [5.41, 5.74) is 0.452. The van der Waals surface area contributed by atoms with Gasteiger partial charge in [0.15, 0.2) is 16.8 Å². The number of benzene rings is 1. The lowest BCUT2D eigenvalue weighted by molar-refractivity contribution is 0.102. The summed E-state index contributed by atoms with van der Waals surface area (Å²) in [4.78, 5) is 12.9. The Hall–Kier alpha value is -1.99. The molecule has 1 aliphatic rings. The molecule has 1 fully saturated rings. The van der Waals surface area contributed by atoms with E-state index < -0.39 is 0 Å². The molecule has 1 aliphatic carbocycles. The van der Waals surface area contributed by atoms with E-state index in [1.807, 2.05) is 22.1 Å². The zero-order valence-corrected chi connectivity index (χ0v) is 14.3.